The summed E-state index contributed by atoms with van der Waals surface area (Å²) in [7, 11) is 0. The Hall–Kier alpha value is -0.860. The van der Waals surface area contributed by atoms with Crippen LogP contribution in [0, 0.1) is 5.92 Å². The number of carbonyl (C=O) groups is 1. The number of carbonyl (C=O) groups excluding carboxylic acids is 1. The van der Waals surface area contributed by atoms with Gasteiger partial charge in [0.05, 0.1) is 13.1 Å². The molecule has 0 saturated carbocycles. The van der Waals surface area contributed by atoms with Crippen molar-refractivity contribution in [3.8, 4) is 0 Å². The summed E-state index contributed by atoms with van der Waals surface area (Å²) in [5.74, 6) is 0.219. The Morgan fingerprint density at radius 2 is 2.00 bits per heavy atom. The van der Waals surface area contributed by atoms with Crippen LogP contribution in [-0.2, 0) is 4.79 Å². The molecule has 0 atom stereocenters. The lowest BCUT2D eigenvalue weighted by atomic mass is 9.95. The molecule has 2 nitrogen and oxygen atoms in total. The maximum Gasteiger partial charge on any atom is 0.226 e. The van der Waals surface area contributed by atoms with Crippen molar-refractivity contribution in [2.45, 2.75) is 25.4 Å². The first-order chi connectivity index (χ1) is 6.08. The number of rotatable bonds is 1. The van der Waals surface area contributed by atoms with Gasteiger partial charge in [-0.25, -0.2) is 4.39 Å². The second-order valence-corrected chi connectivity index (χ2v) is 4.25. The quantitative estimate of drug-likeness (QED) is 0.564. The van der Waals surface area contributed by atoms with Gasteiger partial charge < -0.3 is 4.90 Å². The van der Waals surface area contributed by atoms with Crippen LogP contribution in [0.2, 0.25) is 0 Å². The van der Waals surface area contributed by atoms with Crippen LogP contribution in [0.15, 0.2) is 12.2 Å². The lowest BCUT2D eigenvalue weighted by molar-refractivity contribution is -0.148. The minimum Gasteiger partial charge on any atom is -0.336 e. The molecular weight excluding hydrogens is 169 g/mol. The summed E-state index contributed by atoms with van der Waals surface area (Å²) in [4.78, 5) is 13.3. The molecule has 1 aliphatic carbocycles. The lowest BCUT2D eigenvalue weighted by Gasteiger charge is -2.43. The number of amides is 1. The van der Waals surface area contributed by atoms with E-state index in [1.54, 1.807) is 11.8 Å². The fraction of sp³-hybridized carbons (Fsp3) is 0.700. The predicted octanol–water partition coefficient (Wildman–Crippen LogP) is 1.52. The second kappa shape index (κ2) is 2.82. The van der Waals surface area contributed by atoms with E-state index in [4.69, 9.17) is 0 Å². The van der Waals surface area contributed by atoms with Crippen molar-refractivity contribution in [3.63, 3.8) is 0 Å². The molecular formula is C10H14FNO. The van der Waals surface area contributed by atoms with E-state index >= 15 is 0 Å². The Kier molecular flexibility index (Phi) is 1.90. The summed E-state index contributed by atoms with van der Waals surface area (Å²) in [5, 5.41) is 0. The number of likely N-dealkylation sites (tertiary alicyclic amines) is 1. The average Bonchev–Trinajstić information content (AvgIpc) is 2.50. The zero-order valence-electron chi connectivity index (χ0n) is 7.79. The number of hydrogen-bond donors (Lipinski definition) is 0. The predicted molar refractivity (Wildman–Crippen MR) is 48.0 cm³/mol. The van der Waals surface area contributed by atoms with Crippen LogP contribution in [0.5, 0.6) is 0 Å². The molecule has 0 aromatic carbocycles. The average molecular weight is 183 g/mol. The molecule has 2 aliphatic rings. The number of nitrogens with zero attached hydrogens (tertiary/aromatic N) is 1. The van der Waals surface area contributed by atoms with Crippen molar-refractivity contribution < 1.29 is 9.18 Å². The number of alkyl halides is 1. The van der Waals surface area contributed by atoms with Gasteiger partial charge in [0.1, 0.15) is 5.67 Å². The van der Waals surface area contributed by atoms with E-state index in [0.29, 0.717) is 0 Å². The molecule has 1 aliphatic heterocycles. The molecule has 0 bridgehead atoms. The SMILES string of the molecule is CC1(F)CN(C(=O)C2CC=CC2)C1. The van der Waals surface area contributed by atoms with Crippen LogP contribution in [-0.4, -0.2) is 29.6 Å². The van der Waals surface area contributed by atoms with Crippen molar-refractivity contribution in [2.75, 3.05) is 13.1 Å². The first kappa shape index (κ1) is 8.73. The first-order valence-electron chi connectivity index (χ1n) is 4.71. The molecule has 0 aromatic heterocycles. The summed E-state index contributed by atoms with van der Waals surface area (Å²) >= 11 is 0. The molecule has 1 fully saturated rings. The maximum absolute atomic E-state index is 13.1. The molecule has 1 saturated heterocycles. The van der Waals surface area contributed by atoms with Gasteiger partial charge in [0.2, 0.25) is 5.91 Å². The molecule has 3 heteroatoms. The summed E-state index contributed by atoms with van der Waals surface area (Å²) in [5.41, 5.74) is -1.14. The van der Waals surface area contributed by atoms with Crippen LogP contribution in [0.25, 0.3) is 0 Å². The largest absolute Gasteiger partial charge is 0.336 e. The van der Waals surface area contributed by atoms with Crippen LogP contribution >= 0.6 is 0 Å². The third kappa shape index (κ3) is 1.60. The van der Waals surface area contributed by atoms with Gasteiger partial charge in [0, 0.05) is 5.92 Å². The number of halogens is 1. The molecule has 0 unspecified atom stereocenters. The molecule has 1 heterocycles. The van der Waals surface area contributed by atoms with Gasteiger partial charge >= 0.3 is 0 Å². The van der Waals surface area contributed by atoms with Crippen molar-refractivity contribution >= 4 is 5.91 Å². The Labute approximate surface area is 77.4 Å². The lowest BCUT2D eigenvalue weighted by Crippen LogP contribution is -2.60. The summed E-state index contributed by atoms with van der Waals surface area (Å²) in [6.45, 7) is 2.11. The minimum absolute atomic E-state index is 0.0936. The van der Waals surface area contributed by atoms with Gasteiger partial charge in [0.15, 0.2) is 0 Å². The summed E-state index contributed by atoms with van der Waals surface area (Å²) in [6.07, 6.45) is 5.71. The van der Waals surface area contributed by atoms with Crippen molar-refractivity contribution in [1.29, 1.82) is 0 Å². The first-order valence-corrected chi connectivity index (χ1v) is 4.71. The number of hydrogen-bond acceptors (Lipinski definition) is 1. The number of allylic oxidation sites excluding steroid dienone is 2. The normalized spacial score (nSPS) is 26.2. The Balaban J connectivity index is 1.86. The van der Waals surface area contributed by atoms with Gasteiger partial charge in [-0.05, 0) is 19.8 Å². The van der Waals surface area contributed by atoms with Gasteiger partial charge in [-0.2, -0.15) is 0 Å². The Morgan fingerprint density at radius 3 is 2.46 bits per heavy atom. The van der Waals surface area contributed by atoms with Gasteiger partial charge in [-0.15, -0.1) is 0 Å². The molecule has 72 valence electrons. The summed E-state index contributed by atoms with van der Waals surface area (Å²) < 4.78 is 13.1. The van der Waals surface area contributed by atoms with Crippen LogP contribution in [0.3, 0.4) is 0 Å². The van der Waals surface area contributed by atoms with Crippen molar-refractivity contribution in [1.82, 2.24) is 4.90 Å². The fourth-order valence-electron chi connectivity index (χ4n) is 1.98. The molecule has 2 rings (SSSR count). The zero-order valence-corrected chi connectivity index (χ0v) is 7.79. The third-order valence-electron chi connectivity index (χ3n) is 2.71. The van der Waals surface area contributed by atoms with Gasteiger partial charge in [-0.1, -0.05) is 12.2 Å². The highest BCUT2D eigenvalue weighted by Gasteiger charge is 2.43. The van der Waals surface area contributed by atoms with Crippen molar-refractivity contribution in [3.05, 3.63) is 12.2 Å². The van der Waals surface area contributed by atoms with E-state index in [1.807, 2.05) is 12.2 Å². The van der Waals surface area contributed by atoms with E-state index in [1.165, 1.54) is 0 Å². The molecule has 1 amide bonds. The zero-order chi connectivity index (χ0) is 9.47. The van der Waals surface area contributed by atoms with Gasteiger partial charge in [0.25, 0.3) is 0 Å². The molecule has 0 spiro atoms. The Bertz CT molecular complexity index is 244. The van der Waals surface area contributed by atoms with Crippen molar-refractivity contribution in [2.24, 2.45) is 5.92 Å². The third-order valence-corrected chi connectivity index (χ3v) is 2.71. The van der Waals surface area contributed by atoms with E-state index in [0.717, 1.165) is 12.8 Å². The van der Waals surface area contributed by atoms with E-state index in [-0.39, 0.29) is 24.9 Å². The standard InChI is InChI=1S/C10H14FNO/c1-10(11)6-12(7-10)9(13)8-4-2-3-5-8/h2-3,8H,4-7H2,1H3. The second-order valence-electron chi connectivity index (χ2n) is 4.25. The summed E-state index contributed by atoms with van der Waals surface area (Å²) in [6, 6.07) is 0. The molecule has 0 N–H and O–H groups in total. The molecule has 13 heavy (non-hydrogen) atoms. The van der Waals surface area contributed by atoms with E-state index in [9.17, 15) is 9.18 Å². The van der Waals surface area contributed by atoms with Crippen LogP contribution in [0.1, 0.15) is 19.8 Å². The molecule has 0 aromatic rings. The highest BCUT2D eigenvalue weighted by molar-refractivity contribution is 5.80. The minimum atomic E-state index is -1.14. The Morgan fingerprint density at radius 1 is 1.46 bits per heavy atom. The van der Waals surface area contributed by atoms with E-state index < -0.39 is 5.67 Å². The van der Waals surface area contributed by atoms with E-state index in [2.05, 4.69) is 0 Å². The monoisotopic (exact) mass is 183 g/mol. The maximum atomic E-state index is 13.1. The van der Waals surface area contributed by atoms with Gasteiger partial charge in [-0.3, -0.25) is 4.79 Å². The highest BCUT2D eigenvalue weighted by atomic mass is 19.1. The fourth-order valence-corrected chi connectivity index (χ4v) is 1.98. The van der Waals surface area contributed by atoms with Crippen LogP contribution < -0.4 is 0 Å². The topological polar surface area (TPSA) is 20.3 Å². The van der Waals surface area contributed by atoms with Crippen LogP contribution in [0.4, 0.5) is 4.39 Å². The molecule has 0 radical (unpaired) electrons. The smallest absolute Gasteiger partial charge is 0.226 e. The highest BCUT2D eigenvalue weighted by Crippen LogP contribution is 2.29.